The highest BCUT2D eigenvalue weighted by molar-refractivity contribution is 9.10. The van der Waals surface area contributed by atoms with Crippen LogP contribution in [0.3, 0.4) is 0 Å². The Balaban J connectivity index is 1.83. The molecule has 0 aliphatic heterocycles. The smallest absolute Gasteiger partial charge is 0.188 e. The third kappa shape index (κ3) is 4.28. The molecular formula is C16H13BrFN3O2S. The van der Waals surface area contributed by atoms with Crippen LogP contribution in [-0.2, 0) is 6.42 Å². The van der Waals surface area contributed by atoms with Gasteiger partial charge in [0.05, 0.1) is 5.69 Å². The van der Waals surface area contributed by atoms with Gasteiger partial charge in [0.15, 0.2) is 16.7 Å². The van der Waals surface area contributed by atoms with Crippen molar-refractivity contribution < 1.29 is 14.2 Å². The Morgan fingerprint density at radius 2 is 2.08 bits per heavy atom. The van der Waals surface area contributed by atoms with E-state index in [1.54, 1.807) is 24.4 Å². The predicted octanol–water partition coefficient (Wildman–Crippen LogP) is 4.51. The SMILES string of the molecule is OCCc1csc(Nc2ncc(Br)cc2Oc2ccc(F)cc2)n1. The number of benzene rings is 1. The van der Waals surface area contributed by atoms with Gasteiger partial charge in [0.2, 0.25) is 0 Å². The Bertz CT molecular complexity index is 826. The summed E-state index contributed by atoms with van der Waals surface area (Å²) < 4.78 is 19.6. The minimum Gasteiger partial charge on any atom is -0.453 e. The van der Waals surface area contributed by atoms with Gasteiger partial charge in [0.25, 0.3) is 0 Å². The van der Waals surface area contributed by atoms with Crippen molar-refractivity contribution in [3.05, 3.63) is 57.9 Å². The van der Waals surface area contributed by atoms with Gasteiger partial charge in [-0.05, 0) is 40.2 Å². The number of ether oxygens (including phenoxy) is 1. The van der Waals surface area contributed by atoms with E-state index in [-0.39, 0.29) is 12.4 Å². The van der Waals surface area contributed by atoms with Crippen LogP contribution in [-0.4, -0.2) is 21.7 Å². The topological polar surface area (TPSA) is 67.3 Å². The molecule has 2 heterocycles. The van der Waals surface area contributed by atoms with E-state index in [9.17, 15) is 4.39 Å². The van der Waals surface area contributed by atoms with Crippen LogP contribution < -0.4 is 10.1 Å². The fourth-order valence-electron chi connectivity index (χ4n) is 1.92. The van der Waals surface area contributed by atoms with Crippen molar-refractivity contribution in [1.82, 2.24) is 9.97 Å². The van der Waals surface area contributed by atoms with Crippen LogP contribution in [0.15, 0.2) is 46.4 Å². The molecule has 124 valence electrons. The summed E-state index contributed by atoms with van der Waals surface area (Å²) in [6, 6.07) is 7.51. The Hall–Kier alpha value is -2.03. The normalized spacial score (nSPS) is 10.6. The molecule has 0 aliphatic carbocycles. The number of aliphatic hydroxyl groups is 1. The number of aliphatic hydroxyl groups excluding tert-OH is 1. The van der Waals surface area contributed by atoms with Crippen molar-refractivity contribution in [3.63, 3.8) is 0 Å². The second-order valence-electron chi connectivity index (χ2n) is 4.80. The van der Waals surface area contributed by atoms with Crippen molar-refractivity contribution in [2.24, 2.45) is 0 Å². The number of pyridine rings is 1. The summed E-state index contributed by atoms with van der Waals surface area (Å²) in [7, 11) is 0. The summed E-state index contributed by atoms with van der Waals surface area (Å²) in [5.74, 6) is 1.15. The van der Waals surface area contributed by atoms with E-state index in [1.807, 2.05) is 5.38 Å². The molecule has 0 fully saturated rings. The van der Waals surface area contributed by atoms with Crippen LogP contribution in [0.1, 0.15) is 5.69 Å². The number of halogens is 2. The van der Waals surface area contributed by atoms with Gasteiger partial charge in [0, 0.05) is 35.1 Å². The number of nitrogens with one attached hydrogen (secondary N) is 1. The zero-order chi connectivity index (χ0) is 16.9. The van der Waals surface area contributed by atoms with Crippen molar-refractivity contribution in [2.75, 3.05) is 11.9 Å². The van der Waals surface area contributed by atoms with Crippen molar-refractivity contribution in [3.8, 4) is 11.5 Å². The van der Waals surface area contributed by atoms with Gasteiger partial charge in [-0.3, -0.25) is 0 Å². The minimum absolute atomic E-state index is 0.0542. The summed E-state index contributed by atoms with van der Waals surface area (Å²) >= 11 is 4.78. The highest BCUT2D eigenvalue weighted by Crippen LogP contribution is 2.33. The lowest BCUT2D eigenvalue weighted by atomic mass is 10.3. The molecule has 0 saturated heterocycles. The summed E-state index contributed by atoms with van der Waals surface area (Å²) in [5.41, 5.74) is 0.808. The quantitative estimate of drug-likeness (QED) is 0.626. The van der Waals surface area contributed by atoms with Crippen LogP contribution in [0.4, 0.5) is 15.3 Å². The van der Waals surface area contributed by atoms with Crippen molar-refractivity contribution in [2.45, 2.75) is 6.42 Å². The number of aromatic nitrogens is 2. The van der Waals surface area contributed by atoms with E-state index >= 15 is 0 Å². The van der Waals surface area contributed by atoms with E-state index in [4.69, 9.17) is 9.84 Å². The maximum Gasteiger partial charge on any atom is 0.188 e. The monoisotopic (exact) mass is 409 g/mol. The second kappa shape index (κ2) is 7.69. The Morgan fingerprint density at radius 1 is 1.29 bits per heavy atom. The average Bonchev–Trinajstić information content (AvgIpc) is 3.00. The lowest BCUT2D eigenvalue weighted by molar-refractivity contribution is 0.298. The Kier molecular flexibility index (Phi) is 5.39. The first kappa shape index (κ1) is 16.8. The highest BCUT2D eigenvalue weighted by Gasteiger charge is 2.11. The van der Waals surface area contributed by atoms with E-state index < -0.39 is 0 Å². The largest absolute Gasteiger partial charge is 0.453 e. The Morgan fingerprint density at radius 3 is 2.83 bits per heavy atom. The Labute approximate surface area is 150 Å². The van der Waals surface area contributed by atoms with E-state index in [0.29, 0.717) is 28.9 Å². The van der Waals surface area contributed by atoms with Crippen LogP contribution in [0.2, 0.25) is 0 Å². The van der Waals surface area contributed by atoms with Gasteiger partial charge in [-0.1, -0.05) is 0 Å². The predicted molar refractivity (Wildman–Crippen MR) is 94.6 cm³/mol. The number of hydrogen-bond donors (Lipinski definition) is 2. The molecule has 1 aromatic carbocycles. The molecule has 0 atom stereocenters. The summed E-state index contributed by atoms with van der Waals surface area (Å²) in [6.07, 6.45) is 2.15. The van der Waals surface area contributed by atoms with Gasteiger partial charge >= 0.3 is 0 Å². The molecule has 0 spiro atoms. The number of nitrogens with zero attached hydrogens (tertiary/aromatic N) is 2. The molecule has 0 bridgehead atoms. The standard InChI is InChI=1S/C16H13BrFN3O2S/c17-10-7-14(23-13-3-1-11(18)2-4-13)15(19-8-10)21-16-20-12(5-6-22)9-24-16/h1-4,7-9,22H,5-6H2,(H,19,20,21). The summed E-state index contributed by atoms with van der Waals surface area (Å²) in [5, 5.41) is 14.6. The number of thiazole rings is 1. The van der Waals surface area contributed by atoms with Gasteiger partial charge in [0.1, 0.15) is 11.6 Å². The third-order valence-corrected chi connectivity index (χ3v) is 4.25. The van der Waals surface area contributed by atoms with E-state index in [0.717, 1.165) is 10.2 Å². The molecule has 0 aliphatic rings. The maximum absolute atomic E-state index is 13.0. The zero-order valence-corrected chi connectivity index (χ0v) is 14.8. The first-order valence-electron chi connectivity index (χ1n) is 7.05. The van der Waals surface area contributed by atoms with Crippen LogP contribution in [0.5, 0.6) is 11.5 Å². The van der Waals surface area contributed by atoms with Gasteiger partial charge in [-0.2, -0.15) is 0 Å². The van der Waals surface area contributed by atoms with E-state index in [2.05, 4.69) is 31.2 Å². The van der Waals surface area contributed by atoms with Crippen LogP contribution in [0, 0.1) is 5.82 Å². The maximum atomic E-state index is 13.0. The summed E-state index contributed by atoms with van der Waals surface area (Å²) in [4.78, 5) is 8.67. The van der Waals surface area contributed by atoms with Crippen LogP contribution in [0.25, 0.3) is 0 Å². The lowest BCUT2D eigenvalue weighted by Crippen LogP contribution is -1.98. The molecular weight excluding hydrogens is 397 g/mol. The zero-order valence-electron chi connectivity index (χ0n) is 12.4. The first-order valence-corrected chi connectivity index (χ1v) is 8.72. The lowest BCUT2D eigenvalue weighted by Gasteiger charge is -2.11. The molecule has 2 N–H and O–H groups in total. The molecule has 0 saturated carbocycles. The molecule has 3 rings (SSSR count). The molecule has 5 nitrogen and oxygen atoms in total. The molecule has 0 unspecified atom stereocenters. The molecule has 8 heteroatoms. The van der Waals surface area contributed by atoms with Crippen molar-refractivity contribution >= 4 is 38.2 Å². The number of hydrogen-bond acceptors (Lipinski definition) is 6. The second-order valence-corrected chi connectivity index (χ2v) is 6.57. The number of anilines is 2. The highest BCUT2D eigenvalue weighted by atomic mass is 79.9. The van der Waals surface area contributed by atoms with E-state index in [1.165, 1.54) is 23.5 Å². The fraction of sp³-hybridized carbons (Fsp3) is 0.125. The molecule has 24 heavy (non-hydrogen) atoms. The van der Waals surface area contributed by atoms with Gasteiger partial charge in [-0.15, -0.1) is 11.3 Å². The molecule has 0 radical (unpaired) electrons. The van der Waals surface area contributed by atoms with Crippen molar-refractivity contribution in [1.29, 1.82) is 0 Å². The average molecular weight is 410 g/mol. The number of rotatable bonds is 6. The third-order valence-electron chi connectivity index (χ3n) is 3.01. The van der Waals surface area contributed by atoms with Gasteiger partial charge < -0.3 is 15.2 Å². The van der Waals surface area contributed by atoms with Gasteiger partial charge in [-0.25, -0.2) is 14.4 Å². The minimum atomic E-state index is -0.327. The van der Waals surface area contributed by atoms with Crippen LogP contribution >= 0.6 is 27.3 Å². The summed E-state index contributed by atoms with van der Waals surface area (Å²) in [6.45, 7) is 0.0542. The molecule has 2 aromatic heterocycles. The first-order chi connectivity index (χ1) is 11.6. The fourth-order valence-corrected chi connectivity index (χ4v) is 2.97. The molecule has 3 aromatic rings. The molecule has 0 amide bonds.